The van der Waals surface area contributed by atoms with Crippen LogP contribution in [0.3, 0.4) is 0 Å². The molecular formula is C25H32Cl2FN3O4S. The number of amides is 2. The Hall–Kier alpha value is -2.36. The number of sulfonamides is 1. The first-order chi connectivity index (χ1) is 16.8. The standard InChI is InChI=1S/C25H32Cl2FN3O4S/c1-5-22(25(33)29-17(2)3)30(16-18-8-11-20(28)12-9-18)24(32)7-6-14-31(36(4,34)35)23-15-19(26)10-13-21(23)27/h8-13,15,17,22H,5-7,14,16H2,1-4H3,(H,29,33)/t22-/m0/s1. The van der Waals surface area contributed by atoms with Gasteiger partial charge in [-0.3, -0.25) is 13.9 Å². The highest BCUT2D eigenvalue weighted by Gasteiger charge is 2.29. The van der Waals surface area contributed by atoms with Gasteiger partial charge in [-0.25, -0.2) is 12.8 Å². The first-order valence-corrected chi connectivity index (χ1v) is 14.2. The molecule has 0 saturated heterocycles. The van der Waals surface area contributed by atoms with E-state index in [0.717, 1.165) is 10.6 Å². The molecule has 0 fully saturated rings. The number of halogens is 3. The van der Waals surface area contributed by atoms with Crippen LogP contribution in [-0.4, -0.2) is 50.0 Å². The van der Waals surface area contributed by atoms with Crippen LogP contribution in [0.2, 0.25) is 10.0 Å². The Morgan fingerprint density at radius 2 is 1.72 bits per heavy atom. The molecule has 2 aromatic rings. The van der Waals surface area contributed by atoms with E-state index in [1.165, 1.54) is 29.2 Å². The summed E-state index contributed by atoms with van der Waals surface area (Å²) in [5.41, 5.74) is 0.897. The highest BCUT2D eigenvalue weighted by molar-refractivity contribution is 7.92. The van der Waals surface area contributed by atoms with Crippen molar-refractivity contribution in [3.05, 3.63) is 63.9 Å². The van der Waals surface area contributed by atoms with Crippen LogP contribution in [0.15, 0.2) is 42.5 Å². The van der Waals surface area contributed by atoms with Gasteiger partial charge in [0, 0.05) is 30.6 Å². The highest BCUT2D eigenvalue weighted by atomic mass is 35.5. The lowest BCUT2D eigenvalue weighted by Crippen LogP contribution is -2.50. The van der Waals surface area contributed by atoms with Crippen LogP contribution in [0.4, 0.5) is 10.1 Å². The Bertz CT molecular complexity index is 1160. The minimum Gasteiger partial charge on any atom is -0.352 e. The molecule has 2 rings (SSSR count). The summed E-state index contributed by atoms with van der Waals surface area (Å²) in [5, 5.41) is 3.38. The molecule has 0 aromatic heterocycles. The van der Waals surface area contributed by atoms with Crippen LogP contribution >= 0.6 is 23.2 Å². The summed E-state index contributed by atoms with van der Waals surface area (Å²) in [6.45, 7) is 5.57. The predicted octanol–water partition coefficient (Wildman–Crippen LogP) is 5.01. The molecule has 0 radical (unpaired) electrons. The first kappa shape index (κ1) is 29.9. The molecule has 198 valence electrons. The molecule has 0 spiro atoms. The van der Waals surface area contributed by atoms with E-state index in [-0.39, 0.29) is 54.5 Å². The van der Waals surface area contributed by atoms with Gasteiger partial charge < -0.3 is 10.2 Å². The lowest BCUT2D eigenvalue weighted by atomic mass is 10.1. The SMILES string of the molecule is CC[C@@H](C(=O)NC(C)C)N(Cc1ccc(F)cc1)C(=O)CCCN(c1cc(Cl)ccc1Cl)S(C)(=O)=O. The molecular weight excluding hydrogens is 528 g/mol. The van der Waals surface area contributed by atoms with Gasteiger partial charge in [0.15, 0.2) is 0 Å². The van der Waals surface area contributed by atoms with Gasteiger partial charge in [-0.1, -0.05) is 42.3 Å². The zero-order valence-corrected chi connectivity index (χ0v) is 23.1. The van der Waals surface area contributed by atoms with E-state index in [1.807, 2.05) is 20.8 Å². The number of carbonyl (C=O) groups is 2. The molecule has 7 nitrogen and oxygen atoms in total. The Labute approximate surface area is 222 Å². The third-order valence-corrected chi connectivity index (χ3v) is 7.15. The molecule has 2 aromatic carbocycles. The molecule has 1 atom stereocenters. The fourth-order valence-electron chi connectivity index (χ4n) is 3.75. The molecule has 0 saturated carbocycles. The number of nitrogens with zero attached hydrogens (tertiary/aromatic N) is 2. The molecule has 36 heavy (non-hydrogen) atoms. The van der Waals surface area contributed by atoms with E-state index < -0.39 is 21.9 Å². The molecule has 0 aliphatic heterocycles. The maximum Gasteiger partial charge on any atom is 0.243 e. The van der Waals surface area contributed by atoms with Gasteiger partial charge in [0.05, 0.1) is 17.0 Å². The van der Waals surface area contributed by atoms with Crippen LogP contribution in [0.25, 0.3) is 0 Å². The van der Waals surface area contributed by atoms with Crippen molar-refractivity contribution in [2.45, 2.75) is 58.7 Å². The zero-order valence-electron chi connectivity index (χ0n) is 20.8. The number of nitrogens with one attached hydrogen (secondary N) is 1. The van der Waals surface area contributed by atoms with Gasteiger partial charge in [-0.15, -0.1) is 0 Å². The largest absolute Gasteiger partial charge is 0.352 e. The van der Waals surface area contributed by atoms with Gasteiger partial charge in [0.25, 0.3) is 0 Å². The normalized spacial score (nSPS) is 12.3. The van der Waals surface area contributed by atoms with Crippen molar-refractivity contribution in [3.8, 4) is 0 Å². The second-order valence-corrected chi connectivity index (χ2v) is 11.5. The molecule has 2 amide bonds. The van der Waals surface area contributed by atoms with E-state index in [2.05, 4.69) is 5.32 Å². The average molecular weight is 561 g/mol. The topological polar surface area (TPSA) is 86.8 Å². The fraction of sp³-hybridized carbons (Fsp3) is 0.440. The van der Waals surface area contributed by atoms with E-state index in [4.69, 9.17) is 23.2 Å². The van der Waals surface area contributed by atoms with E-state index in [1.54, 1.807) is 18.2 Å². The van der Waals surface area contributed by atoms with Crippen LogP contribution in [0, 0.1) is 5.82 Å². The average Bonchev–Trinajstić information content (AvgIpc) is 2.78. The van der Waals surface area contributed by atoms with Crippen molar-refractivity contribution in [3.63, 3.8) is 0 Å². The number of benzene rings is 2. The molecule has 0 aliphatic carbocycles. The maximum atomic E-state index is 13.4. The second kappa shape index (κ2) is 13.3. The Morgan fingerprint density at radius 3 is 2.28 bits per heavy atom. The van der Waals surface area contributed by atoms with Crippen molar-refractivity contribution >= 4 is 50.7 Å². The number of anilines is 1. The Balaban J connectivity index is 2.24. The van der Waals surface area contributed by atoms with Crippen LogP contribution in [-0.2, 0) is 26.2 Å². The van der Waals surface area contributed by atoms with Crippen molar-refractivity contribution in [1.29, 1.82) is 0 Å². The van der Waals surface area contributed by atoms with Crippen molar-refractivity contribution < 1.29 is 22.4 Å². The smallest absolute Gasteiger partial charge is 0.243 e. The first-order valence-electron chi connectivity index (χ1n) is 11.6. The summed E-state index contributed by atoms with van der Waals surface area (Å²) < 4.78 is 39.4. The highest BCUT2D eigenvalue weighted by Crippen LogP contribution is 2.31. The van der Waals surface area contributed by atoms with Crippen molar-refractivity contribution in [2.75, 3.05) is 17.1 Å². The molecule has 1 N–H and O–H groups in total. The number of hydrogen-bond acceptors (Lipinski definition) is 4. The van der Waals surface area contributed by atoms with E-state index in [9.17, 15) is 22.4 Å². The van der Waals surface area contributed by atoms with Gasteiger partial charge in [0.2, 0.25) is 21.8 Å². The minimum atomic E-state index is -3.71. The Morgan fingerprint density at radius 1 is 1.08 bits per heavy atom. The monoisotopic (exact) mass is 559 g/mol. The summed E-state index contributed by atoms with van der Waals surface area (Å²) in [6.07, 6.45) is 1.59. The van der Waals surface area contributed by atoms with Crippen LogP contribution in [0.1, 0.15) is 45.6 Å². The van der Waals surface area contributed by atoms with Gasteiger partial charge in [-0.05, 0) is 62.6 Å². The van der Waals surface area contributed by atoms with Crippen molar-refractivity contribution in [1.82, 2.24) is 10.2 Å². The number of rotatable bonds is 12. The maximum absolute atomic E-state index is 13.4. The summed E-state index contributed by atoms with van der Waals surface area (Å²) >= 11 is 12.3. The summed E-state index contributed by atoms with van der Waals surface area (Å²) in [7, 11) is -3.71. The van der Waals surface area contributed by atoms with Gasteiger partial charge in [0.1, 0.15) is 11.9 Å². The molecule has 0 unspecified atom stereocenters. The van der Waals surface area contributed by atoms with Crippen LogP contribution in [0.5, 0.6) is 0 Å². The molecule has 0 bridgehead atoms. The third-order valence-electron chi connectivity index (χ3n) is 5.41. The van der Waals surface area contributed by atoms with Crippen LogP contribution < -0.4 is 9.62 Å². The Kier molecular flexibility index (Phi) is 11.0. The lowest BCUT2D eigenvalue weighted by Gasteiger charge is -2.31. The zero-order chi connectivity index (χ0) is 27.0. The molecule has 0 aliphatic rings. The number of carbonyl (C=O) groups excluding carboxylic acids is 2. The van der Waals surface area contributed by atoms with Crippen molar-refractivity contribution in [2.24, 2.45) is 0 Å². The summed E-state index contributed by atoms with van der Waals surface area (Å²) in [5.74, 6) is -1.01. The summed E-state index contributed by atoms with van der Waals surface area (Å²) in [4.78, 5) is 27.7. The minimum absolute atomic E-state index is 0.00991. The third kappa shape index (κ3) is 8.64. The van der Waals surface area contributed by atoms with Gasteiger partial charge >= 0.3 is 0 Å². The van der Waals surface area contributed by atoms with Gasteiger partial charge in [-0.2, -0.15) is 0 Å². The van der Waals surface area contributed by atoms with E-state index in [0.29, 0.717) is 17.0 Å². The summed E-state index contributed by atoms with van der Waals surface area (Å²) in [6, 6.07) is 9.39. The fourth-order valence-corrected chi connectivity index (χ4v) is 5.15. The lowest BCUT2D eigenvalue weighted by molar-refractivity contribution is -0.141. The van der Waals surface area contributed by atoms with E-state index >= 15 is 0 Å². The quantitative estimate of drug-likeness (QED) is 0.396. The second-order valence-electron chi connectivity index (χ2n) is 8.77. The predicted molar refractivity (Wildman–Crippen MR) is 142 cm³/mol. The molecule has 0 heterocycles. The number of hydrogen-bond donors (Lipinski definition) is 1. The molecule has 11 heteroatoms.